The number of aliphatic hydroxyl groups is 1. The Balaban J connectivity index is 2.25. The molecule has 3 heteroatoms. The van der Waals surface area contributed by atoms with E-state index in [0.29, 0.717) is 12.5 Å². The molecule has 1 aliphatic heterocycles. The molecule has 2 atom stereocenters. The van der Waals surface area contributed by atoms with Crippen molar-refractivity contribution in [2.75, 3.05) is 18.0 Å². The lowest BCUT2D eigenvalue weighted by Gasteiger charge is -2.36. The molecule has 0 saturated carbocycles. The monoisotopic (exact) mass is 233 g/mol. The van der Waals surface area contributed by atoms with Crippen LogP contribution in [0.2, 0.25) is 0 Å². The molecule has 1 N–H and O–H groups in total. The molecule has 1 aromatic carbocycles. The van der Waals surface area contributed by atoms with Crippen molar-refractivity contribution in [3.8, 4) is 0 Å². The number of hydrogen-bond donors (Lipinski definition) is 1. The minimum absolute atomic E-state index is 0.0775. The Morgan fingerprint density at radius 1 is 1.41 bits per heavy atom. The van der Waals surface area contributed by atoms with Crippen LogP contribution in [0, 0.1) is 5.92 Å². The molecule has 1 fully saturated rings. The van der Waals surface area contributed by atoms with E-state index in [1.807, 2.05) is 24.3 Å². The number of benzene rings is 1. The first kappa shape index (κ1) is 12.1. The quantitative estimate of drug-likeness (QED) is 0.795. The number of β-amino-alcohol motifs (C(OH)–C–C–N with tert-alkyl or cyclic N) is 1. The van der Waals surface area contributed by atoms with E-state index in [0.717, 1.165) is 24.2 Å². The highest BCUT2D eigenvalue weighted by Gasteiger charge is 2.25. The van der Waals surface area contributed by atoms with E-state index in [2.05, 4.69) is 11.8 Å². The van der Waals surface area contributed by atoms with Crippen LogP contribution in [0.5, 0.6) is 0 Å². The van der Waals surface area contributed by atoms with E-state index >= 15 is 0 Å². The van der Waals surface area contributed by atoms with Crippen LogP contribution >= 0.6 is 0 Å². The summed E-state index contributed by atoms with van der Waals surface area (Å²) in [5.41, 5.74) is 1.69. The molecular weight excluding hydrogens is 214 g/mol. The Morgan fingerprint density at radius 2 is 2.12 bits per heavy atom. The molecule has 92 valence electrons. The maximum atomic E-state index is 11.6. The van der Waals surface area contributed by atoms with Crippen molar-refractivity contribution in [2.24, 2.45) is 5.92 Å². The Morgan fingerprint density at radius 3 is 2.76 bits per heavy atom. The normalized spacial score (nSPS) is 24.8. The van der Waals surface area contributed by atoms with E-state index in [4.69, 9.17) is 0 Å². The average Bonchev–Trinajstić information content (AvgIpc) is 2.32. The fourth-order valence-corrected chi connectivity index (χ4v) is 2.31. The first-order valence-electron chi connectivity index (χ1n) is 6.12. The lowest BCUT2D eigenvalue weighted by molar-refractivity contribution is 0.0996. The summed E-state index contributed by atoms with van der Waals surface area (Å²) in [6.07, 6.45) is 0.664. The number of carbonyl (C=O) groups is 1. The second kappa shape index (κ2) is 4.88. The van der Waals surface area contributed by atoms with Crippen LogP contribution in [0.3, 0.4) is 0 Å². The first-order chi connectivity index (χ1) is 8.09. The number of rotatable bonds is 2. The number of nitrogens with zero attached hydrogens (tertiary/aromatic N) is 1. The van der Waals surface area contributed by atoms with Gasteiger partial charge in [0.25, 0.3) is 0 Å². The summed E-state index contributed by atoms with van der Waals surface area (Å²) in [6, 6.07) is 7.62. The second-order valence-corrected chi connectivity index (χ2v) is 4.85. The Labute approximate surface area is 102 Å². The third-order valence-electron chi connectivity index (χ3n) is 3.54. The Hall–Kier alpha value is -1.35. The zero-order chi connectivity index (χ0) is 12.4. The number of carbonyl (C=O) groups excluding carboxylic acids is 1. The van der Waals surface area contributed by atoms with Gasteiger partial charge in [-0.1, -0.05) is 19.1 Å². The highest BCUT2D eigenvalue weighted by Crippen LogP contribution is 2.26. The zero-order valence-corrected chi connectivity index (χ0v) is 10.4. The predicted molar refractivity (Wildman–Crippen MR) is 68.4 cm³/mol. The zero-order valence-electron chi connectivity index (χ0n) is 10.4. The summed E-state index contributed by atoms with van der Waals surface area (Å²) < 4.78 is 0. The molecule has 3 nitrogen and oxygen atoms in total. The number of para-hydroxylation sites is 1. The molecule has 0 aliphatic carbocycles. The number of hydrogen-bond acceptors (Lipinski definition) is 3. The minimum atomic E-state index is -0.302. The van der Waals surface area contributed by atoms with E-state index in [1.54, 1.807) is 6.92 Å². The molecule has 0 bridgehead atoms. The van der Waals surface area contributed by atoms with Gasteiger partial charge < -0.3 is 10.0 Å². The van der Waals surface area contributed by atoms with Crippen LogP contribution in [0.4, 0.5) is 5.69 Å². The fraction of sp³-hybridized carbons (Fsp3) is 0.500. The summed E-state index contributed by atoms with van der Waals surface area (Å²) >= 11 is 0. The van der Waals surface area contributed by atoms with Crippen LogP contribution in [-0.4, -0.2) is 30.1 Å². The summed E-state index contributed by atoms with van der Waals surface area (Å²) in [5.74, 6) is 0.421. The minimum Gasteiger partial charge on any atom is -0.391 e. The number of Topliss-reactive ketones (excluding diaryl/α,β-unsaturated/α-hetero) is 1. The van der Waals surface area contributed by atoms with Gasteiger partial charge >= 0.3 is 0 Å². The van der Waals surface area contributed by atoms with Gasteiger partial charge in [0.1, 0.15) is 0 Å². The van der Waals surface area contributed by atoms with Gasteiger partial charge in [0, 0.05) is 24.3 Å². The number of piperidine rings is 1. The molecule has 1 saturated heterocycles. The van der Waals surface area contributed by atoms with Gasteiger partial charge in [0.2, 0.25) is 0 Å². The Kier molecular flexibility index (Phi) is 3.48. The lowest BCUT2D eigenvalue weighted by Crippen LogP contribution is -2.43. The summed E-state index contributed by atoms with van der Waals surface area (Å²) in [6.45, 7) is 5.18. The van der Waals surface area contributed by atoms with Gasteiger partial charge in [0.05, 0.1) is 6.10 Å². The van der Waals surface area contributed by atoms with Crippen molar-refractivity contribution in [1.82, 2.24) is 0 Å². The number of ketones is 1. The molecule has 0 aromatic heterocycles. The van der Waals surface area contributed by atoms with Crippen molar-refractivity contribution in [2.45, 2.75) is 26.4 Å². The number of aliphatic hydroxyl groups excluding tert-OH is 1. The predicted octanol–water partition coefficient (Wildman–Crippen LogP) is 2.10. The molecule has 1 heterocycles. The van der Waals surface area contributed by atoms with E-state index < -0.39 is 0 Å². The van der Waals surface area contributed by atoms with Gasteiger partial charge in [0.15, 0.2) is 5.78 Å². The first-order valence-corrected chi connectivity index (χ1v) is 6.12. The van der Waals surface area contributed by atoms with E-state index in [1.165, 1.54) is 0 Å². The molecular formula is C14H19NO2. The maximum Gasteiger partial charge on any atom is 0.161 e. The summed E-state index contributed by atoms with van der Waals surface area (Å²) in [7, 11) is 0. The third kappa shape index (κ3) is 2.50. The third-order valence-corrected chi connectivity index (χ3v) is 3.54. The van der Waals surface area contributed by atoms with Crippen molar-refractivity contribution in [3.63, 3.8) is 0 Å². The molecule has 17 heavy (non-hydrogen) atoms. The topological polar surface area (TPSA) is 40.5 Å². The fourth-order valence-electron chi connectivity index (χ4n) is 2.31. The smallest absolute Gasteiger partial charge is 0.161 e. The average molecular weight is 233 g/mol. The SMILES string of the molecule is CC(=O)c1ccccc1N1CCC(C)C(O)C1. The van der Waals surface area contributed by atoms with Crippen molar-refractivity contribution >= 4 is 11.5 Å². The van der Waals surface area contributed by atoms with Crippen LogP contribution < -0.4 is 4.90 Å². The Bertz CT molecular complexity index is 416. The molecule has 1 aromatic rings. The van der Waals surface area contributed by atoms with Crippen LogP contribution in [0.1, 0.15) is 30.6 Å². The summed E-state index contributed by atoms with van der Waals surface area (Å²) in [5, 5.41) is 9.91. The molecule has 1 aliphatic rings. The highest BCUT2D eigenvalue weighted by molar-refractivity contribution is 5.99. The largest absolute Gasteiger partial charge is 0.391 e. The molecule has 0 amide bonds. The molecule has 2 rings (SSSR count). The van der Waals surface area contributed by atoms with Crippen LogP contribution in [0.15, 0.2) is 24.3 Å². The second-order valence-electron chi connectivity index (χ2n) is 4.85. The number of anilines is 1. The van der Waals surface area contributed by atoms with Gasteiger partial charge in [-0.2, -0.15) is 0 Å². The molecule has 0 spiro atoms. The van der Waals surface area contributed by atoms with Gasteiger partial charge in [-0.25, -0.2) is 0 Å². The summed E-state index contributed by atoms with van der Waals surface area (Å²) in [4.78, 5) is 13.7. The van der Waals surface area contributed by atoms with Crippen molar-refractivity contribution in [3.05, 3.63) is 29.8 Å². The molecule has 2 unspecified atom stereocenters. The van der Waals surface area contributed by atoms with E-state index in [-0.39, 0.29) is 11.9 Å². The molecule has 0 radical (unpaired) electrons. The van der Waals surface area contributed by atoms with Gasteiger partial charge in [-0.05, 0) is 31.4 Å². The van der Waals surface area contributed by atoms with Crippen LogP contribution in [0.25, 0.3) is 0 Å². The van der Waals surface area contributed by atoms with Crippen LogP contribution in [-0.2, 0) is 0 Å². The van der Waals surface area contributed by atoms with Crippen molar-refractivity contribution in [1.29, 1.82) is 0 Å². The van der Waals surface area contributed by atoms with Gasteiger partial charge in [-0.3, -0.25) is 4.79 Å². The van der Waals surface area contributed by atoms with E-state index in [9.17, 15) is 9.90 Å². The maximum absolute atomic E-state index is 11.6. The van der Waals surface area contributed by atoms with Gasteiger partial charge in [-0.15, -0.1) is 0 Å². The lowest BCUT2D eigenvalue weighted by atomic mass is 9.95. The highest BCUT2D eigenvalue weighted by atomic mass is 16.3. The standard InChI is InChI=1S/C14H19NO2/c1-10-7-8-15(9-14(10)17)13-6-4-3-5-12(13)11(2)16/h3-6,10,14,17H,7-9H2,1-2H3. The van der Waals surface area contributed by atoms with Crippen molar-refractivity contribution < 1.29 is 9.90 Å².